The molecule has 1 heterocycles. The first-order chi connectivity index (χ1) is 13.1. The lowest BCUT2D eigenvalue weighted by atomic mass is 10.1. The number of phenols is 1. The first-order valence-electron chi connectivity index (χ1n) is 8.90. The molecule has 1 fully saturated rings. The second kappa shape index (κ2) is 7.39. The maximum atomic E-state index is 8.65. The molecule has 1 saturated heterocycles. The molecule has 1 aliphatic rings. The standard InChI is InChI=1S/C18H21O5P/c1-21-14-8-12(9-15(22-2)18(14)20)16-10-17(19)23-11-24(16)13-6-4-3-5-7-13/h3-9,16-17,19-20H,10-11H2,1-2H3/t16-,17+,24+/m0/s1/i10D,19D/hD/t10-,16-,17+,24+. The third-order valence-corrected chi connectivity index (χ3v) is 6.50. The Morgan fingerprint density at radius 1 is 1.21 bits per heavy atom. The summed E-state index contributed by atoms with van der Waals surface area (Å²) in [5.74, 6) is 0.878. The van der Waals surface area contributed by atoms with E-state index < -0.39 is 20.6 Å². The number of aliphatic hydroxyl groups is 1. The number of hydrogen-bond donors (Lipinski definition) is 2. The molecule has 2 aromatic carbocycles. The van der Waals surface area contributed by atoms with Crippen LogP contribution in [0.1, 0.15) is 19.0 Å². The zero-order valence-electron chi connectivity index (χ0n) is 16.5. The molecule has 0 spiro atoms. The summed E-state index contributed by atoms with van der Waals surface area (Å²) in [5, 5.41) is 10.4. The van der Waals surface area contributed by atoms with Crippen LogP contribution in [0, 0.1) is 0 Å². The number of aromatic hydroxyl groups is 1. The number of rotatable bonds is 6. The highest BCUT2D eigenvalue weighted by atomic mass is 31.1. The van der Waals surface area contributed by atoms with Crippen molar-refractivity contribution in [3.8, 4) is 17.2 Å². The van der Waals surface area contributed by atoms with E-state index in [1.807, 2.05) is 30.3 Å². The van der Waals surface area contributed by atoms with Gasteiger partial charge in [0.25, 0.3) is 1.43 Å². The molecule has 2 aromatic rings. The van der Waals surface area contributed by atoms with Crippen LogP contribution in [-0.2, 0) is 4.74 Å². The van der Waals surface area contributed by atoms with Crippen LogP contribution >= 0.6 is 7.92 Å². The number of ether oxygens (including phenoxy) is 3. The molecular formula is C18H21O5P. The average Bonchev–Trinajstić information content (AvgIpc) is 2.72. The Morgan fingerprint density at radius 3 is 2.50 bits per heavy atom. The highest BCUT2D eigenvalue weighted by Gasteiger charge is 2.33. The summed E-state index contributed by atoms with van der Waals surface area (Å²) in [4.78, 5) is 0. The van der Waals surface area contributed by atoms with Gasteiger partial charge in [-0.15, -0.1) is 0 Å². The SMILES string of the molecule is [2H]Oc1c(OC)cc([C@@H]2[C@H]([2H])[C@H](O[2H])OC[P@]2c2ccccc2)cc1OC. The van der Waals surface area contributed by atoms with Gasteiger partial charge in [-0.3, -0.25) is 0 Å². The zero-order chi connectivity index (χ0) is 19.4. The Labute approximate surface area is 146 Å². The van der Waals surface area contributed by atoms with E-state index in [2.05, 4.69) is 10.2 Å². The molecule has 6 heteroatoms. The number of phenolic OH excluding ortho intramolecular Hbond substituents is 1. The second-order valence-electron chi connectivity index (χ2n) is 5.36. The highest BCUT2D eigenvalue weighted by Crippen LogP contribution is 2.57. The van der Waals surface area contributed by atoms with Gasteiger partial charge >= 0.3 is 0 Å². The van der Waals surface area contributed by atoms with Crippen molar-refractivity contribution >= 4 is 13.2 Å². The summed E-state index contributed by atoms with van der Waals surface area (Å²) < 4.78 is 39.5. The van der Waals surface area contributed by atoms with Gasteiger partial charge in [-0.05, 0) is 30.9 Å². The normalized spacial score (nSPS) is 28.3. The molecule has 4 atom stereocenters. The molecule has 24 heavy (non-hydrogen) atoms. The predicted octanol–water partition coefficient (Wildman–Crippen LogP) is 2.95. The average molecular weight is 351 g/mol. The molecule has 3 rings (SSSR count). The van der Waals surface area contributed by atoms with Crippen molar-refractivity contribution in [1.29, 1.82) is 2.86 Å². The van der Waals surface area contributed by atoms with E-state index in [0.717, 1.165) is 10.9 Å². The maximum Gasteiger partial charge on any atom is 0.293 e. The molecule has 0 bridgehead atoms. The molecule has 0 aromatic heterocycles. The van der Waals surface area contributed by atoms with Gasteiger partial charge in [0.2, 0.25) is 7.18 Å². The number of hydrogen-bond acceptors (Lipinski definition) is 5. The zero-order valence-corrected chi connectivity index (χ0v) is 14.4. The van der Waals surface area contributed by atoms with Gasteiger partial charge in [0.15, 0.2) is 17.8 Å². The Morgan fingerprint density at radius 2 is 1.92 bits per heavy atom. The lowest BCUT2D eigenvalue weighted by Crippen LogP contribution is -2.26. The van der Waals surface area contributed by atoms with Crippen molar-refractivity contribution in [2.75, 3.05) is 20.6 Å². The lowest BCUT2D eigenvalue weighted by Gasteiger charge is -2.35. The van der Waals surface area contributed by atoms with E-state index >= 15 is 0 Å². The van der Waals surface area contributed by atoms with Crippen molar-refractivity contribution in [3.63, 3.8) is 0 Å². The van der Waals surface area contributed by atoms with Gasteiger partial charge in [0.1, 0.15) is 0 Å². The smallest absolute Gasteiger partial charge is 0.293 e. The minimum Gasteiger partial charge on any atom is -0.502 e. The quantitative estimate of drug-likeness (QED) is 0.783. The van der Waals surface area contributed by atoms with Crippen molar-refractivity contribution < 1.29 is 25.8 Å². The van der Waals surface area contributed by atoms with Gasteiger partial charge in [-0.1, -0.05) is 30.3 Å². The van der Waals surface area contributed by atoms with Crippen LogP contribution in [0.25, 0.3) is 0 Å². The van der Waals surface area contributed by atoms with Crippen molar-refractivity contribution in [1.82, 2.24) is 0 Å². The summed E-state index contributed by atoms with van der Waals surface area (Å²) in [6.07, 6.45) is -1.37. The fraction of sp³-hybridized carbons (Fsp3) is 0.333. The Kier molecular flexibility index (Phi) is 4.15. The maximum absolute atomic E-state index is 8.65. The molecule has 128 valence electrons. The number of methoxy groups -OCH3 is 2. The lowest BCUT2D eigenvalue weighted by molar-refractivity contribution is -0.0928. The van der Waals surface area contributed by atoms with Crippen LogP contribution in [0.15, 0.2) is 42.5 Å². The van der Waals surface area contributed by atoms with Crippen LogP contribution < -0.4 is 14.8 Å². The number of benzene rings is 2. The van der Waals surface area contributed by atoms with Crippen molar-refractivity contribution in [2.45, 2.75) is 18.3 Å². The topological polar surface area (TPSA) is 68.2 Å². The van der Waals surface area contributed by atoms with Crippen molar-refractivity contribution in [2.24, 2.45) is 0 Å². The third-order valence-electron chi connectivity index (χ3n) is 3.97. The summed E-state index contributed by atoms with van der Waals surface area (Å²) in [7, 11) is 2.07. The molecule has 2 N–H and O–H groups in total. The Hall–Kier alpha value is -1.81. The minimum atomic E-state index is -0.943. The summed E-state index contributed by atoms with van der Waals surface area (Å²) >= 11 is 0. The van der Waals surface area contributed by atoms with E-state index in [0.29, 0.717) is 17.8 Å². The van der Waals surface area contributed by atoms with Crippen LogP contribution in [0.3, 0.4) is 0 Å². The Balaban J connectivity index is 2.10. The summed E-state index contributed by atoms with van der Waals surface area (Å²) in [6, 6.07) is 13.4. The molecule has 0 aliphatic carbocycles. The van der Waals surface area contributed by atoms with E-state index in [1.54, 1.807) is 12.1 Å². The molecule has 0 saturated carbocycles. The molecule has 1 aliphatic heterocycles. The van der Waals surface area contributed by atoms with Crippen LogP contribution in [-0.4, -0.2) is 39.9 Å². The molecule has 0 radical (unpaired) electrons. The van der Waals surface area contributed by atoms with Gasteiger partial charge in [-0.2, -0.15) is 0 Å². The molecular weight excluding hydrogens is 327 g/mol. The van der Waals surface area contributed by atoms with E-state index in [4.69, 9.17) is 18.4 Å². The van der Waals surface area contributed by atoms with Crippen LogP contribution in [0.5, 0.6) is 17.2 Å². The second-order valence-corrected chi connectivity index (χ2v) is 7.63. The van der Waals surface area contributed by atoms with Gasteiger partial charge in [-0.25, -0.2) is 0 Å². The monoisotopic (exact) mass is 351 g/mol. The van der Waals surface area contributed by atoms with E-state index in [9.17, 15) is 0 Å². The van der Waals surface area contributed by atoms with Gasteiger partial charge in [0.05, 0.1) is 20.6 Å². The first kappa shape index (κ1) is 13.5. The van der Waals surface area contributed by atoms with E-state index in [-0.39, 0.29) is 11.4 Å². The fourth-order valence-corrected chi connectivity index (χ4v) is 5.11. The molecule has 0 unspecified atom stereocenters. The third kappa shape index (κ3) is 3.34. The minimum absolute atomic E-state index is 0.176. The van der Waals surface area contributed by atoms with Crippen LogP contribution in [0.2, 0.25) is 0 Å². The van der Waals surface area contributed by atoms with Gasteiger partial charge in [0, 0.05) is 13.4 Å². The summed E-state index contributed by atoms with van der Waals surface area (Å²) in [5.41, 5.74) is 0.527. The summed E-state index contributed by atoms with van der Waals surface area (Å²) in [6.45, 7) is 0. The molecule has 5 nitrogen and oxygen atoms in total. The Bertz CT molecular complexity index is 739. The predicted molar refractivity (Wildman–Crippen MR) is 93.5 cm³/mol. The largest absolute Gasteiger partial charge is 0.502 e. The fourth-order valence-electron chi connectivity index (χ4n) is 2.76. The van der Waals surface area contributed by atoms with Gasteiger partial charge < -0.3 is 24.4 Å². The number of aliphatic hydroxyl groups excluding tert-OH is 1. The van der Waals surface area contributed by atoms with E-state index in [1.165, 1.54) is 14.2 Å². The first-order valence-corrected chi connectivity index (χ1v) is 9.10. The van der Waals surface area contributed by atoms with Crippen LogP contribution in [0.4, 0.5) is 0 Å². The van der Waals surface area contributed by atoms with Crippen molar-refractivity contribution in [3.05, 3.63) is 48.0 Å². The molecule has 0 amide bonds. The highest BCUT2D eigenvalue weighted by molar-refractivity contribution is 7.65.